The third-order valence-electron chi connectivity index (χ3n) is 7.64. The summed E-state index contributed by atoms with van der Waals surface area (Å²) in [6.07, 6.45) is 5.61. The summed E-state index contributed by atoms with van der Waals surface area (Å²) >= 11 is 0. The summed E-state index contributed by atoms with van der Waals surface area (Å²) in [6.45, 7) is 5.45. The van der Waals surface area contributed by atoms with Crippen LogP contribution >= 0.6 is 0 Å². The number of nitrogens with zero attached hydrogens (tertiary/aromatic N) is 2. The van der Waals surface area contributed by atoms with E-state index in [1.54, 1.807) is 35.2 Å². The molecule has 0 bridgehead atoms. The smallest absolute Gasteiger partial charge is 0.264 e. The van der Waals surface area contributed by atoms with Crippen molar-refractivity contribution in [2.75, 3.05) is 10.8 Å². The fourth-order valence-electron chi connectivity index (χ4n) is 5.59. The third-order valence-corrected chi connectivity index (χ3v) is 9.43. The van der Waals surface area contributed by atoms with Gasteiger partial charge in [-0.15, -0.1) is 0 Å². The van der Waals surface area contributed by atoms with Crippen LogP contribution in [0.1, 0.15) is 62.1 Å². The fourth-order valence-corrected chi connectivity index (χ4v) is 7.01. The zero-order valence-corrected chi connectivity index (χ0v) is 25.1. The molecule has 1 atom stereocenters. The normalized spacial score (nSPS) is 14.7. The summed E-state index contributed by atoms with van der Waals surface area (Å²) in [6, 6.07) is 22.5. The number of amides is 2. The molecule has 41 heavy (non-hydrogen) atoms. The molecule has 1 aliphatic carbocycles. The number of aryl methyl sites for hydroxylation is 2. The third kappa shape index (κ3) is 7.76. The van der Waals surface area contributed by atoms with Crippen LogP contribution in [0.3, 0.4) is 0 Å². The van der Waals surface area contributed by atoms with Gasteiger partial charge in [0.1, 0.15) is 12.6 Å². The van der Waals surface area contributed by atoms with Gasteiger partial charge in [-0.05, 0) is 74.1 Å². The van der Waals surface area contributed by atoms with Gasteiger partial charge in [0.15, 0.2) is 0 Å². The Morgan fingerprint density at radius 1 is 0.878 bits per heavy atom. The summed E-state index contributed by atoms with van der Waals surface area (Å²) in [7, 11) is -4.08. The molecule has 4 rings (SSSR count). The van der Waals surface area contributed by atoms with Gasteiger partial charge < -0.3 is 10.2 Å². The number of anilines is 1. The van der Waals surface area contributed by atoms with Gasteiger partial charge in [-0.3, -0.25) is 13.9 Å². The predicted molar refractivity (Wildman–Crippen MR) is 163 cm³/mol. The lowest BCUT2D eigenvalue weighted by atomic mass is 9.95. The second-order valence-electron chi connectivity index (χ2n) is 10.9. The van der Waals surface area contributed by atoms with Crippen LogP contribution in [0.2, 0.25) is 0 Å². The van der Waals surface area contributed by atoms with Crippen LogP contribution < -0.4 is 9.62 Å². The molecule has 2 amide bonds. The molecule has 1 saturated carbocycles. The predicted octanol–water partition coefficient (Wildman–Crippen LogP) is 5.76. The van der Waals surface area contributed by atoms with Crippen molar-refractivity contribution in [3.8, 4) is 0 Å². The maximum absolute atomic E-state index is 14.2. The zero-order chi connectivity index (χ0) is 29.4. The molecule has 0 radical (unpaired) electrons. The van der Waals surface area contributed by atoms with E-state index in [4.69, 9.17) is 0 Å². The van der Waals surface area contributed by atoms with E-state index in [9.17, 15) is 18.0 Å². The number of benzene rings is 3. The van der Waals surface area contributed by atoms with Crippen molar-refractivity contribution in [1.82, 2.24) is 10.2 Å². The highest BCUT2D eigenvalue weighted by Crippen LogP contribution is 2.27. The van der Waals surface area contributed by atoms with Gasteiger partial charge in [-0.1, -0.05) is 80.8 Å². The van der Waals surface area contributed by atoms with E-state index in [0.29, 0.717) is 12.1 Å². The maximum Gasteiger partial charge on any atom is 0.264 e. The maximum atomic E-state index is 14.2. The van der Waals surface area contributed by atoms with Crippen LogP contribution in [-0.4, -0.2) is 43.8 Å². The Morgan fingerprint density at radius 3 is 2.05 bits per heavy atom. The average Bonchev–Trinajstić information content (AvgIpc) is 2.96. The van der Waals surface area contributed by atoms with E-state index in [2.05, 4.69) is 5.32 Å². The van der Waals surface area contributed by atoms with Gasteiger partial charge in [0.05, 0.1) is 10.6 Å². The van der Waals surface area contributed by atoms with E-state index in [1.165, 1.54) is 22.9 Å². The fraction of sp³-hybridized carbons (Fsp3) is 0.394. The Hall–Kier alpha value is -3.65. The van der Waals surface area contributed by atoms with Crippen molar-refractivity contribution in [3.05, 3.63) is 95.6 Å². The van der Waals surface area contributed by atoms with Gasteiger partial charge in [-0.25, -0.2) is 8.42 Å². The Kier molecular flexibility index (Phi) is 10.2. The number of rotatable bonds is 11. The summed E-state index contributed by atoms with van der Waals surface area (Å²) in [5.74, 6) is -0.620. The van der Waals surface area contributed by atoms with Gasteiger partial charge in [0.25, 0.3) is 10.0 Å². The molecule has 1 fully saturated rings. The Bertz CT molecular complexity index is 1400. The minimum Gasteiger partial charge on any atom is -0.352 e. The second-order valence-corrected chi connectivity index (χ2v) is 12.8. The molecule has 0 aliphatic heterocycles. The largest absolute Gasteiger partial charge is 0.352 e. The van der Waals surface area contributed by atoms with Crippen molar-refractivity contribution in [2.45, 2.75) is 82.8 Å². The summed E-state index contributed by atoms with van der Waals surface area (Å²) < 4.78 is 29.1. The number of carbonyl (C=O) groups is 2. The number of sulfonamides is 1. The molecule has 218 valence electrons. The number of carbonyl (C=O) groups excluding carboxylic acids is 2. The van der Waals surface area contributed by atoms with Crippen molar-refractivity contribution < 1.29 is 18.0 Å². The highest BCUT2D eigenvalue weighted by molar-refractivity contribution is 7.92. The SMILES string of the molecule is CC[C@@H](C(=O)NC1CCCCC1)N(Cc1ccccc1)C(=O)CN(c1cc(C)cc(C)c1)S(=O)(=O)c1ccccc1. The molecule has 0 saturated heterocycles. The first-order valence-electron chi connectivity index (χ1n) is 14.5. The molecule has 7 nitrogen and oxygen atoms in total. The molecule has 0 unspecified atom stereocenters. The number of hydrogen-bond donors (Lipinski definition) is 1. The van der Waals surface area contributed by atoms with Gasteiger partial charge >= 0.3 is 0 Å². The number of nitrogens with one attached hydrogen (secondary N) is 1. The van der Waals surface area contributed by atoms with Crippen LogP contribution in [0.4, 0.5) is 5.69 Å². The van der Waals surface area contributed by atoms with Gasteiger partial charge in [0, 0.05) is 12.6 Å². The second kappa shape index (κ2) is 13.8. The Morgan fingerprint density at radius 2 is 1.46 bits per heavy atom. The molecule has 3 aromatic rings. The van der Waals surface area contributed by atoms with E-state index < -0.39 is 28.5 Å². The topological polar surface area (TPSA) is 86.8 Å². The molecule has 0 spiro atoms. The van der Waals surface area contributed by atoms with Crippen molar-refractivity contribution in [2.24, 2.45) is 0 Å². The minimum atomic E-state index is -4.08. The van der Waals surface area contributed by atoms with Crippen LogP contribution in [-0.2, 0) is 26.2 Å². The molecule has 0 heterocycles. The summed E-state index contributed by atoms with van der Waals surface area (Å²) in [4.78, 5) is 29.5. The quantitative estimate of drug-likeness (QED) is 0.315. The lowest BCUT2D eigenvalue weighted by molar-refractivity contribution is -0.140. The number of hydrogen-bond acceptors (Lipinski definition) is 4. The van der Waals surface area contributed by atoms with Crippen LogP contribution in [0, 0.1) is 13.8 Å². The van der Waals surface area contributed by atoms with Gasteiger partial charge in [-0.2, -0.15) is 0 Å². The van der Waals surface area contributed by atoms with Crippen molar-refractivity contribution >= 4 is 27.5 Å². The van der Waals surface area contributed by atoms with Crippen molar-refractivity contribution in [3.63, 3.8) is 0 Å². The lowest BCUT2D eigenvalue weighted by Gasteiger charge is -2.34. The minimum absolute atomic E-state index is 0.101. The first-order valence-corrected chi connectivity index (χ1v) is 15.9. The van der Waals surface area contributed by atoms with Crippen LogP contribution in [0.15, 0.2) is 83.8 Å². The molecule has 1 aliphatic rings. The van der Waals surface area contributed by atoms with Crippen LogP contribution in [0.25, 0.3) is 0 Å². The molecule has 0 aromatic heterocycles. The zero-order valence-electron chi connectivity index (χ0n) is 24.3. The first-order chi connectivity index (χ1) is 19.7. The van der Waals surface area contributed by atoms with Gasteiger partial charge in [0.2, 0.25) is 11.8 Å². The molecule has 1 N–H and O–H groups in total. The lowest BCUT2D eigenvalue weighted by Crippen LogP contribution is -2.54. The molecule has 3 aromatic carbocycles. The van der Waals surface area contributed by atoms with Crippen LogP contribution in [0.5, 0.6) is 0 Å². The van der Waals surface area contributed by atoms with E-state index in [1.807, 2.05) is 57.2 Å². The van der Waals surface area contributed by atoms with Crippen molar-refractivity contribution in [1.29, 1.82) is 0 Å². The Balaban J connectivity index is 1.71. The molecular formula is C33H41N3O4S. The monoisotopic (exact) mass is 575 g/mol. The first kappa shape index (κ1) is 30.3. The highest BCUT2D eigenvalue weighted by atomic mass is 32.2. The standard InChI is InChI=1S/C33H41N3O4S/c1-4-31(33(38)34-28-16-10-6-11-17-28)35(23-27-14-8-5-9-15-27)32(37)24-36(29-21-25(2)20-26(3)22-29)41(39,40)30-18-12-7-13-19-30/h5,7-9,12-15,18-22,28,31H,4,6,10-11,16-17,23-24H2,1-3H3,(H,34,38)/t31-/m0/s1. The molecule has 8 heteroatoms. The van der Waals surface area contributed by atoms with E-state index in [-0.39, 0.29) is 23.4 Å². The summed E-state index contributed by atoms with van der Waals surface area (Å²) in [5.41, 5.74) is 3.06. The van der Waals surface area contributed by atoms with E-state index >= 15 is 0 Å². The summed E-state index contributed by atoms with van der Waals surface area (Å²) in [5, 5.41) is 3.18. The highest BCUT2D eigenvalue weighted by Gasteiger charge is 2.34. The average molecular weight is 576 g/mol. The van der Waals surface area contributed by atoms with E-state index in [0.717, 1.165) is 42.4 Å². The Labute approximate surface area is 244 Å². The molecular weight excluding hydrogens is 534 g/mol.